The number of aromatic nitrogens is 1. The Morgan fingerprint density at radius 1 is 1.00 bits per heavy atom. The molecule has 1 aromatic carbocycles. The van der Waals surface area contributed by atoms with Gasteiger partial charge in [-0.3, -0.25) is 9.59 Å². The summed E-state index contributed by atoms with van der Waals surface area (Å²) in [5, 5.41) is 2.92. The average molecular weight is 473 g/mol. The number of rotatable bonds is 6. The van der Waals surface area contributed by atoms with Crippen LogP contribution in [0.15, 0.2) is 47.5 Å². The lowest BCUT2D eigenvalue weighted by molar-refractivity contribution is -0.126. The minimum absolute atomic E-state index is 0.0750. The van der Waals surface area contributed by atoms with Crippen LogP contribution in [0.25, 0.3) is 0 Å². The van der Waals surface area contributed by atoms with Crippen LogP contribution in [0.3, 0.4) is 0 Å². The molecule has 0 saturated carbocycles. The first-order valence-corrected chi connectivity index (χ1v) is 13.2. The summed E-state index contributed by atoms with van der Waals surface area (Å²) >= 11 is 0. The van der Waals surface area contributed by atoms with Gasteiger partial charge in [0.2, 0.25) is 15.9 Å². The molecule has 2 aliphatic heterocycles. The molecular weight excluding hydrogens is 440 g/mol. The van der Waals surface area contributed by atoms with Gasteiger partial charge in [0.05, 0.1) is 5.92 Å². The van der Waals surface area contributed by atoms with Gasteiger partial charge in [0, 0.05) is 38.9 Å². The number of carbonyl (C=O) groups excluding carboxylic acids is 2. The predicted molar refractivity (Wildman–Crippen MR) is 125 cm³/mol. The van der Waals surface area contributed by atoms with Crippen LogP contribution >= 0.6 is 0 Å². The third kappa shape index (κ3) is 5.65. The largest absolute Gasteiger partial charge is 0.356 e. The molecule has 8 nitrogen and oxygen atoms in total. The van der Waals surface area contributed by atoms with E-state index in [4.69, 9.17) is 0 Å². The fourth-order valence-electron chi connectivity index (χ4n) is 4.54. The van der Waals surface area contributed by atoms with E-state index in [-0.39, 0.29) is 23.3 Å². The fourth-order valence-corrected chi connectivity index (χ4v) is 6.06. The monoisotopic (exact) mass is 472 g/mol. The molecule has 1 aromatic heterocycles. The van der Waals surface area contributed by atoms with E-state index in [9.17, 15) is 18.0 Å². The number of likely N-dealkylation sites (tertiary alicyclic amines) is 1. The summed E-state index contributed by atoms with van der Waals surface area (Å²) in [6.45, 7) is 2.33. The van der Waals surface area contributed by atoms with E-state index in [0.29, 0.717) is 44.7 Å². The SMILES string of the molecule is O=C(NCc1ccccc1)C1CCCN(S(=O)(=O)c2c[nH]c(C(=O)N3CCCCCC3)c2)C1. The molecule has 2 aliphatic rings. The normalized spacial score (nSPS) is 20.2. The molecule has 2 saturated heterocycles. The molecule has 2 fully saturated rings. The molecule has 178 valence electrons. The Hall–Kier alpha value is -2.65. The van der Waals surface area contributed by atoms with Crippen LogP contribution in [0.2, 0.25) is 0 Å². The Morgan fingerprint density at radius 2 is 1.73 bits per heavy atom. The van der Waals surface area contributed by atoms with Gasteiger partial charge in [-0.25, -0.2) is 8.42 Å². The number of H-pyrrole nitrogens is 1. The smallest absolute Gasteiger partial charge is 0.270 e. The van der Waals surface area contributed by atoms with Crippen LogP contribution in [0.5, 0.6) is 0 Å². The highest BCUT2D eigenvalue weighted by atomic mass is 32.2. The zero-order chi connectivity index (χ0) is 23.3. The maximum Gasteiger partial charge on any atom is 0.270 e. The first-order valence-electron chi connectivity index (χ1n) is 11.7. The molecule has 9 heteroatoms. The van der Waals surface area contributed by atoms with Crippen molar-refractivity contribution >= 4 is 21.8 Å². The predicted octanol–water partition coefficient (Wildman–Crippen LogP) is 2.75. The summed E-state index contributed by atoms with van der Waals surface area (Å²) in [6.07, 6.45) is 6.83. The second-order valence-electron chi connectivity index (χ2n) is 8.86. The maximum absolute atomic E-state index is 13.3. The quantitative estimate of drug-likeness (QED) is 0.675. The van der Waals surface area contributed by atoms with Crippen LogP contribution in [-0.2, 0) is 21.4 Å². The second kappa shape index (κ2) is 10.5. The minimum atomic E-state index is -3.79. The molecule has 0 bridgehead atoms. The second-order valence-corrected chi connectivity index (χ2v) is 10.8. The highest BCUT2D eigenvalue weighted by molar-refractivity contribution is 7.89. The summed E-state index contributed by atoms with van der Waals surface area (Å²) in [5.41, 5.74) is 1.30. The first kappa shape index (κ1) is 23.5. The van der Waals surface area contributed by atoms with E-state index in [1.54, 1.807) is 4.90 Å². The molecule has 1 atom stereocenters. The van der Waals surface area contributed by atoms with Gasteiger partial charge < -0.3 is 15.2 Å². The van der Waals surface area contributed by atoms with Crippen molar-refractivity contribution in [2.45, 2.75) is 50.0 Å². The minimum Gasteiger partial charge on any atom is -0.356 e. The summed E-state index contributed by atoms with van der Waals surface area (Å²) in [4.78, 5) is 30.3. The van der Waals surface area contributed by atoms with Crippen LogP contribution in [0.1, 0.15) is 54.6 Å². The molecule has 2 amide bonds. The molecule has 1 unspecified atom stereocenters. The van der Waals surface area contributed by atoms with Gasteiger partial charge in [-0.2, -0.15) is 4.31 Å². The number of hydrogen-bond donors (Lipinski definition) is 2. The number of nitrogens with zero attached hydrogens (tertiary/aromatic N) is 2. The first-order chi connectivity index (χ1) is 15.9. The van der Waals surface area contributed by atoms with Crippen LogP contribution in [0.4, 0.5) is 0 Å². The number of piperidine rings is 1. The lowest BCUT2D eigenvalue weighted by Gasteiger charge is -2.31. The number of amides is 2. The number of hydrogen-bond acceptors (Lipinski definition) is 4. The number of carbonyl (C=O) groups is 2. The van der Waals surface area contributed by atoms with Crippen molar-refractivity contribution in [3.05, 3.63) is 53.9 Å². The highest BCUT2D eigenvalue weighted by Crippen LogP contribution is 2.25. The summed E-state index contributed by atoms with van der Waals surface area (Å²) < 4.78 is 27.9. The van der Waals surface area contributed by atoms with E-state index in [1.165, 1.54) is 16.6 Å². The lowest BCUT2D eigenvalue weighted by Crippen LogP contribution is -2.45. The summed E-state index contributed by atoms with van der Waals surface area (Å²) in [5.74, 6) is -0.686. The van der Waals surface area contributed by atoms with E-state index in [0.717, 1.165) is 31.2 Å². The van der Waals surface area contributed by atoms with E-state index in [1.807, 2.05) is 30.3 Å². The molecule has 4 rings (SSSR count). The topological polar surface area (TPSA) is 103 Å². The Balaban J connectivity index is 1.39. The molecule has 0 spiro atoms. The Labute approximate surface area is 195 Å². The third-order valence-electron chi connectivity index (χ3n) is 6.48. The van der Waals surface area contributed by atoms with Crippen molar-refractivity contribution in [1.29, 1.82) is 0 Å². The standard InChI is InChI=1S/C24H32N4O4S/c29-23(26-16-19-9-4-3-5-10-19)20-11-8-14-28(18-20)33(31,32)21-15-22(25-17-21)24(30)27-12-6-1-2-7-13-27/h3-5,9-10,15,17,20,25H,1-2,6-8,11-14,16,18H2,(H,26,29). The third-order valence-corrected chi connectivity index (χ3v) is 8.33. The van der Waals surface area contributed by atoms with Gasteiger partial charge in [0.1, 0.15) is 10.6 Å². The van der Waals surface area contributed by atoms with Gasteiger partial charge in [0.15, 0.2) is 0 Å². The lowest BCUT2D eigenvalue weighted by atomic mass is 9.99. The van der Waals surface area contributed by atoms with Gasteiger partial charge in [0.25, 0.3) is 5.91 Å². The summed E-state index contributed by atoms with van der Waals surface area (Å²) in [6, 6.07) is 11.1. The number of aromatic amines is 1. The van der Waals surface area contributed by atoms with Gasteiger partial charge in [-0.15, -0.1) is 0 Å². The van der Waals surface area contributed by atoms with Crippen molar-refractivity contribution in [2.75, 3.05) is 26.2 Å². The Bertz CT molecular complexity index is 1060. The van der Waals surface area contributed by atoms with Crippen molar-refractivity contribution in [2.24, 2.45) is 5.92 Å². The van der Waals surface area contributed by atoms with Crippen LogP contribution in [0, 0.1) is 5.92 Å². The van der Waals surface area contributed by atoms with Crippen molar-refractivity contribution < 1.29 is 18.0 Å². The summed E-state index contributed by atoms with van der Waals surface area (Å²) in [7, 11) is -3.79. The van der Waals surface area contributed by atoms with Crippen molar-refractivity contribution in [3.8, 4) is 0 Å². The molecular formula is C24H32N4O4S. The fraction of sp³-hybridized carbons (Fsp3) is 0.500. The Kier molecular flexibility index (Phi) is 7.49. The van der Waals surface area contributed by atoms with Gasteiger partial charge >= 0.3 is 0 Å². The average Bonchev–Trinajstić information content (AvgIpc) is 3.20. The van der Waals surface area contributed by atoms with E-state index in [2.05, 4.69) is 10.3 Å². The number of sulfonamides is 1. The Morgan fingerprint density at radius 3 is 2.45 bits per heavy atom. The molecule has 2 aromatic rings. The zero-order valence-corrected chi connectivity index (χ0v) is 19.6. The number of benzene rings is 1. The molecule has 3 heterocycles. The molecule has 33 heavy (non-hydrogen) atoms. The van der Waals surface area contributed by atoms with Crippen molar-refractivity contribution in [3.63, 3.8) is 0 Å². The van der Waals surface area contributed by atoms with Crippen LogP contribution < -0.4 is 5.32 Å². The van der Waals surface area contributed by atoms with Crippen LogP contribution in [-0.4, -0.2) is 60.6 Å². The molecule has 0 radical (unpaired) electrons. The van der Waals surface area contributed by atoms with E-state index >= 15 is 0 Å². The van der Waals surface area contributed by atoms with Gasteiger partial charge in [-0.05, 0) is 37.3 Å². The van der Waals surface area contributed by atoms with Gasteiger partial charge in [-0.1, -0.05) is 43.2 Å². The highest BCUT2D eigenvalue weighted by Gasteiger charge is 2.34. The number of nitrogens with one attached hydrogen (secondary N) is 2. The zero-order valence-electron chi connectivity index (χ0n) is 18.8. The molecule has 2 N–H and O–H groups in total. The maximum atomic E-state index is 13.3. The van der Waals surface area contributed by atoms with Crippen molar-refractivity contribution in [1.82, 2.24) is 19.5 Å². The molecule has 0 aliphatic carbocycles. The van der Waals surface area contributed by atoms with E-state index < -0.39 is 15.9 Å².